The van der Waals surface area contributed by atoms with E-state index in [1.54, 1.807) is 0 Å². The molecule has 0 unspecified atom stereocenters. The Morgan fingerprint density at radius 1 is 0.489 bits per heavy atom. The zero-order valence-corrected chi connectivity index (χ0v) is 24.3. The predicted octanol–water partition coefficient (Wildman–Crippen LogP) is 10.8. The maximum absolute atomic E-state index is 5.52. The molecule has 11 rings (SSSR count). The average Bonchev–Trinajstić information content (AvgIpc) is 3.47. The molecular weight excluding hydrogens is 546 g/mol. The van der Waals surface area contributed by atoms with E-state index >= 15 is 0 Å². The fourth-order valence-electron chi connectivity index (χ4n) is 8.18. The van der Waals surface area contributed by atoms with Gasteiger partial charge < -0.3 is 4.40 Å². The summed E-state index contributed by atoms with van der Waals surface area (Å²) >= 11 is 0. The zero-order chi connectivity index (χ0) is 29.2. The second-order valence-corrected chi connectivity index (χ2v) is 12.3. The van der Waals surface area contributed by atoms with Crippen LogP contribution in [0.2, 0.25) is 0 Å². The first-order valence-electron chi connectivity index (χ1n) is 15.6. The lowest BCUT2D eigenvalue weighted by Gasteiger charge is -2.16. The third kappa shape index (κ3) is 2.93. The highest BCUT2D eigenvalue weighted by atomic mass is 15.1. The second-order valence-electron chi connectivity index (χ2n) is 12.3. The Kier molecular flexibility index (Phi) is 4.37. The van der Waals surface area contributed by atoms with Gasteiger partial charge in [0, 0.05) is 37.9 Å². The third-order valence-electron chi connectivity index (χ3n) is 10.1. The Hall–Kier alpha value is -5.93. The van der Waals surface area contributed by atoms with Crippen LogP contribution in [0.15, 0.2) is 145 Å². The predicted molar refractivity (Wildman–Crippen MR) is 190 cm³/mol. The smallest absolute Gasteiger partial charge is 0.145 e. The molecule has 3 aromatic heterocycles. The summed E-state index contributed by atoms with van der Waals surface area (Å²) in [5.74, 6) is 0.966. The lowest BCUT2D eigenvalue weighted by Crippen LogP contribution is -2.14. The molecule has 1 aliphatic heterocycles. The summed E-state index contributed by atoms with van der Waals surface area (Å²) in [5.41, 5.74) is 10.7. The Labute approximate surface area is 258 Å². The molecule has 0 radical (unpaired) electrons. The standard InChI is InChI=1S/C42H25N3/c1-2-9-25(10-3-1)29-21-19-26-11-4-6-14-32(26)43-42(29)45-35-23-20-28-18-17-27-12-8-16-34-37(27)38(28)39(35)40-36(45)24-22-31-30-13-5-7-15-33(30)44(34)41(31)40/h1-18,20-24H,19H2. The van der Waals surface area contributed by atoms with E-state index in [0.717, 1.165) is 23.5 Å². The quantitative estimate of drug-likeness (QED) is 0.175. The van der Waals surface area contributed by atoms with Crippen LogP contribution in [0.5, 0.6) is 0 Å². The highest BCUT2D eigenvalue weighted by molar-refractivity contribution is 6.40. The number of aliphatic imine (C=N–C) groups is 1. The first kappa shape index (κ1) is 23.5. The van der Waals surface area contributed by atoms with Crippen molar-refractivity contribution in [2.75, 3.05) is 0 Å². The van der Waals surface area contributed by atoms with Crippen LogP contribution < -0.4 is 0 Å². The lowest BCUT2D eigenvalue weighted by atomic mass is 9.97. The molecule has 0 amide bonds. The Morgan fingerprint density at radius 3 is 2.16 bits per heavy atom. The van der Waals surface area contributed by atoms with Crippen LogP contribution in [-0.2, 0) is 6.42 Å². The monoisotopic (exact) mass is 571 g/mol. The summed E-state index contributed by atoms with van der Waals surface area (Å²) < 4.78 is 4.97. The first-order valence-corrected chi connectivity index (χ1v) is 15.6. The van der Waals surface area contributed by atoms with Crippen molar-refractivity contribution >= 4 is 87.8 Å². The van der Waals surface area contributed by atoms with Gasteiger partial charge in [-0.05, 0) is 58.7 Å². The Bertz CT molecular complexity index is 2880. The highest BCUT2D eigenvalue weighted by Crippen LogP contribution is 2.47. The van der Waals surface area contributed by atoms with Crippen molar-refractivity contribution in [1.29, 1.82) is 0 Å². The zero-order valence-electron chi connectivity index (χ0n) is 24.3. The van der Waals surface area contributed by atoms with E-state index in [1.807, 2.05) is 0 Å². The van der Waals surface area contributed by atoms with E-state index in [0.29, 0.717) is 0 Å². The van der Waals surface area contributed by atoms with Crippen molar-refractivity contribution in [3.05, 3.63) is 151 Å². The first-order chi connectivity index (χ1) is 22.3. The maximum Gasteiger partial charge on any atom is 0.145 e. The van der Waals surface area contributed by atoms with Crippen LogP contribution in [0, 0.1) is 0 Å². The molecule has 0 saturated carbocycles. The molecule has 0 saturated heterocycles. The molecule has 45 heavy (non-hydrogen) atoms. The van der Waals surface area contributed by atoms with E-state index in [4.69, 9.17) is 4.99 Å². The summed E-state index contributed by atoms with van der Waals surface area (Å²) in [5, 5.41) is 10.3. The fraction of sp³-hybridized carbons (Fsp3) is 0.0238. The number of hydrogen-bond acceptors (Lipinski definition) is 1. The fourth-order valence-corrected chi connectivity index (χ4v) is 8.18. The van der Waals surface area contributed by atoms with E-state index in [-0.39, 0.29) is 0 Å². The maximum atomic E-state index is 5.52. The van der Waals surface area contributed by atoms with Crippen molar-refractivity contribution in [3.63, 3.8) is 0 Å². The lowest BCUT2D eigenvalue weighted by molar-refractivity contribution is 1.25. The third-order valence-corrected chi connectivity index (χ3v) is 10.1. The normalized spacial score (nSPS) is 14.0. The molecule has 3 heteroatoms. The number of benzene rings is 7. The van der Waals surface area contributed by atoms with Crippen LogP contribution in [-0.4, -0.2) is 14.8 Å². The summed E-state index contributed by atoms with van der Waals surface area (Å²) in [4.78, 5) is 5.52. The van der Waals surface area contributed by atoms with Gasteiger partial charge in [0.2, 0.25) is 0 Å². The molecule has 0 fully saturated rings. The van der Waals surface area contributed by atoms with Crippen molar-refractivity contribution in [3.8, 4) is 0 Å². The summed E-state index contributed by atoms with van der Waals surface area (Å²) in [6.07, 6.45) is 3.20. The molecule has 0 atom stereocenters. The molecule has 0 aliphatic carbocycles. The molecule has 0 N–H and O–H groups in total. The largest absolute Gasteiger partial charge is 0.308 e. The molecule has 1 aliphatic rings. The Balaban J connectivity index is 1.42. The molecule has 3 nitrogen and oxygen atoms in total. The van der Waals surface area contributed by atoms with E-state index in [1.165, 1.54) is 81.8 Å². The van der Waals surface area contributed by atoms with Crippen LogP contribution in [0.4, 0.5) is 5.69 Å². The summed E-state index contributed by atoms with van der Waals surface area (Å²) in [6, 6.07) is 48.8. The van der Waals surface area contributed by atoms with Crippen LogP contribution >= 0.6 is 0 Å². The number of rotatable bonds is 1. The molecule has 0 spiro atoms. The van der Waals surface area contributed by atoms with Gasteiger partial charge in [-0.3, -0.25) is 4.57 Å². The van der Waals surface area contributed by atoms with Crippen molar-refractivity contribution in [2.45, 2.75) is 6.42 Å². The van der Waals surface area contributed by atoms with E-state index in [2.05, 4.69) is 149 Å². The van der Waals surface area contributed by atoms with Gasteiger partial charge in [-0.2, -0.15) is 0 Å². The number of fused-ring (bicyclic) bond motifs is 5. The van der Waals surface area contributed by atoms with E-state index in [9.17, 15) is 0 Å². The topological polar surface area (TPSA) is 21.7 Å². The SMILES string of the molecule is C1=C(c2ccccc2)C(n2c3ccc4ccc5cccc6c5c4c3c3c2ccc2c4ccccc4n6c23)=Nc2ccccc2C1. The van der Waals surface area contributed by atoms with Gasteiger partial charge in [-0.1, -0.05) is 109 Å². The minimum absolute atomic E-state index is 0.833. The highest BCUT2D eigenvalue weighted by Gasteiger charge is 2.27. The van der Waals surface area contributed by atoms with Crippen molar-refractivity contribution in [1.82, 2.24) is 8.97 Å². The van der Waals surface area contributed by atoms with Crippen molar-refractivity contribution in [2.24, 2.45) is 4.99 Å². The van der Waals surface area contributed by atoms with E-state index < -0.39 is 0 Å². The second kappa shape index (κ2) is 8.37. The van der Waals surface area contributed by atoms with Crippen LogP contribution in [0.3, 0.4) is 0 Å². The minimum atomic E-state index is 0.833. The molecule has 4 heterocycles. The Morgan fingerprint density at radius 2 is 1.22 bits per heavy atom. The van der Waals surface area contributed by atoms with Gasteiger partial charge in [0.05, 0.1) is 33.3 Å². The minimum Gasteiger partial charge on any atom is -0.308 e. The van der Waals surface area contributed by atoms with Gasteiger partial charge in [-0.25, -0.2) is 4.99 Å². The molecule has 7 aromatic carbocycles. The number of para-hydroxylation sites is 2. The molecular formula is C42H25N3. The van der Waals surface area contributed by atoms with Gasteiger partial charge in [0.1, 0.15) is 5.84 Å². The molecule has 10 aromatic rings. The number of nitrogens with zero attached hydrogens (tertiary/aromatic N) is 3. The molecule has 0 bridgehead atoms. The average molecular weight is 572 g/mol. The number of allylic oxidation sites excluding steroid dienone is 2. The summed E-state index contributed by atoms with van der Waals surface area (Å²) in [6.45, 7) is 0. The van der Waals surface area contributed by atoms with Crippen molar-refractivity contribution < 1.29 is 0 Å². The van der Waals surface area contributed by atoms with Crippen LogP contribution in [0.1, 0.15) is 11.1 Å². The molecule has 208 valence electrons. The van der Waals surface area contributed by atoms with Crippen LogP contribution in [0.25, 0.3) is 76.2 Å². The van der Waals surface area contributed by atoms with Gasteiger partial charge >= 0.3 is 0 Å². The summed E-state index contributed by atoms with van der Waals surface area (Å²) in [7, 11) is 0. The number of hydrogen-bond donors (Lipinski definition) is 0. The van der Waals surface area contributed by atoms with Gasteiger partial charge in [0.15, 0.2) is 0 Å². The van der Waals surface area contributed by atoms with Gasteiger partial charge in [-0.15, -0.1) is 0 Å². The van der Waals surface area contributed by atoms with Gasteiger partial charge in [0.25, 0.3) is 0 Å². The number of aromatic nitrogens is 2.